The zero-order valence-electron chi connectivity index (χ0n) is 9.22. The Morgan fingerprint density at radius 2 is 2.31 bits per heavy atom. The molecular weight excluding hydrogens is 202 g/mol. The van der Waals surface area contributed by atoms with Crippen molar-refractivity contribution < 1.29 is 0 Å². The molecule has 3 N–H and O–H groups in total. The summed E-state index contributed by atoms with van der Waals surface area (Å²) in [6.45, 7) is 3.58. The number of nitrogens with zero attached hydrogens (tertiary/aromatic N) is 3. The van der Waals surface area contributed by atoms with E-state index >= 15 is 0 Å². The molecule has 84 valence electrons. The van der Waals surface area contributed by atoms with E-state index in [0.717, 1.165) is 30.0 Å². The van der Waals surface area contributed by atoms with Crippen LogP contribution in [0.25, 0.3) is 0 Å². The lowest BCUT2D eigenvalue weighted by Gasteiger charge is -2.11. The van der Waals surface area contributed by atoms with Gasteiger partial charge in [0.2, 0.25) is 0 Å². The van der Waals surface area contributed by atoms with Gasteiger partial charge in [0.15, 0.2) is 0 Å². The van der Waals surface area contributed by atoms with Crippen LogP contribution in [0.3, 0.4) is 0 Å². The Morgan fingerprint density at radius 3 is 3.00 bits per heavy atom. The Bertz CT molecular complexity index is 429. The molecule has 0 saturated carbocycles. The van der Waals surface area contributed by atoms with Gasteiger partial charge in [0.1, 0.15) is 0 Å². The van der Waals surface area contributed by atoms with Gasteiger partial charge in [-0.25, -0.2) is 0 Å². The summed E-state index contributed by atoms with van der Waals surface area (Å²) in [4.78, 5) is 0. The number of para-hydroxylation sites is 1. The zero-order valence-corrected chi connectivity index (χ0v) is 9.22. The van der Waals surface area contributed by atoms with Gasteiger partial charge in [-0.15, -0.1) is 5.10 Å². The number of nitrogens with one attached hydrogen (secondary N) is 1. The number of benzene rings is 1. The van der Waals surface area contributed by atoms with Gasteiger partial charge in [-0.2, -0.15) is 0 Å². The number of hydrogen-bond donors (Lipinski definition) is 2. The molecule has 0 aliphatic rings. The monoisotopic (exact) mass is 217 g/mol. The van der Waals surface area contributed by atoms with Gasteiger partial charge >= 0.3 is 0 Å². The smallest absolute Gasteiger partial charge is 0.0692 e. The average molecular weight is 217 g/mol. The van der Waals surface area contributed by atoms with E-state index < -0.39 is 0 Å². The lowest BCUT2D eigenvalue weighted by molar-refractivity contribution is 0.609. The molecule has 0 amide bonds. The standard InChI is InChI=1S/C11H15N5/c1-9-3-2-4-10(12)11(9)13-5-7-16-8-6-14-15-16/h2-4,6,8,13H,5,7,12H2,1H3. The lowest BCUT2D eigenvalue weighted by atomic mass is 10.1. The Balaban J connectivity index is 1.95. The topological polar surface area (TPSA) is 68.8 Å². The maximum Gasteiger partial charge on any atom is 0.0692 e. The van der Waals surface area contributed by atoms with E-state index in [1.165, 1.54) is 0 Å². The van der Waals surface area contributed by atoms with Crippen LogP contribution >= 0.6 is 0 Å². The molecule has 0 bridgehead atoms. The van der Waals surface area contributed by atoms with Gasteiger partial charge in [0, 0.05) is 12.7 Å². The molecule has 0 spiro atoms. The van der Waals surface area contributed by atoms with Crippen LogP contribution in [0, 0.1) is 6.92 Å². The van der Waals surface area contributed by atoms with Crippen molar-refractivity contribution in [2.45, 2.75) is 13.5 Å². The van der Waals surface area contributed by atoms with E-state index in [1.807, 2.05) is 31.3 Å². The number of hydrogen-bond acceptors (Lipinski definition) is 4. The number of nitrogen functional groups attached to an aromatic ring is 1. The minimum atomic E-state index is 0.772. The largest absolute Gasteiger partial charge is 0.397 e. The predicted octanol–water partition coefficient (Wildman–Crippen LogP) is 1.28. The quantitative estimate of drug-likeness (QED) is 0.757. The fourth-order valence-electron chi connectivity index (χ4n) is 1.58. The van der Waals surface area contributed by atoms with E-state index in [1.54, 1.807) is 10.9 Å². The highest BCUT2D eigenvalue weighted by molar-refractivity contribution is 5.69. The highest BCUT2D eigenvalue weighted by Gasteiger charge is 2.01. The molecule has 1 aromatic heterocycles. The van der Waals surface area contributed by atoms with Crippen molar-refractivity contribution in [3.8, 4) is 0 Å². The van der Waals surface area contributed by atoms with Gasteiger partial charge in [-0.1, -0.05) is 17.3 Å². The second-order valence-corrected chi connectivity index (χ2v) is 3.63. The number of rotatable bonds is 4. The number of nitrogens with two attached hydrogens (primary N) is 1. The molecule has 1 heterocycles. The summed E-state index contributed by atoms with van der Waals surface area (Å²) >= 11 is 0. The molecule has 0 saturated heterocycles. The Morgan fingerprint density at radius 1 is 1.44 bits per heavy atom. The van der Waals surface area contributed by atoms with Crippen molar-refractivity contribution in [1.82, 2.24) is 15.0 Å². The molecular formula is C11H15N5. The zero-order chi connectivity index (χ0) is 11.4. The summed E-state index contributed by atoms with van der Waals surface area (Å²) in [6.07, 6.45) is 3.50. The summed E-state index contributed by atoms with van der Waals surface area (Å²) in [5, 5.41) is 10.9. The third-order valence-electron chi connectivity index (χ3n) is 2.42. The SMILES string of the molecule is Cc1cccc(N)c1NCCn1ccnn1. The van der Waals surface area contributed by atoms with Crippen LogP contribution in [-0.4, -0.2) is 21.5 Å². The van der Waals surface area contributed by atoms with Crippen LogP contribution in [0.15, 0.2) is 30.6 Å². The average Bonchev–Trinajstić information content (AvgIpc) is 2.75. The first-order valence-corrected chi connectivity index (χ1v) is 5.20. The van der Waals surface area contributed by atoms with Crippen molar-refractivity contribution in [3.63, 3.8) is 0 Å². The van der Waals surface area contributed by atoms with Gasteiger partial charge in [-0.3, -0.25) is 4.68 Å². The molecule has 0 aliphatic heterocycles. The predicted molar refractivity (Wildman–Crippen MR) is 64.1 cm³/mol. The second-order valence-electron chi connectivity index (χ2n) is 3.63. The molecule has 5 heteroatoms. The number of anilines is 2. The van der Waals surface area contributed by atoms with Crippen LogP contribution in [0.4, 0.5) is 11.4 Å². The summed E-state index contributed by atoms with van der Waals surface area (Å²) < 4.78 is 1.78. The fourth-order valence-corrected chi connectivity index (χ4v) is 1.58. The van der Waals surface area contributed by atoms with Crippen molar-refractivity contribution in [3.05, 3.63) is 36.2 Å². The Labute approximate surface area is 94.3 Å². The second kappa shape index (κ2) is 4.65. The maximum absolute atomic E-state index is 5.88. The summed E-state index contributed by atoms with van der Waals surface area (Å²) in [5.74, 6) is 0. The van der Waals surface area contributed by atoms with Gasteiger partial charge < -0.3 is 11.1 Å². The van der Waals surface area contributed by atoms with Crippen molar-refractivity contribution >= 4 is 11.4 Å². The molecule has 0 aliphatic carbocycles. The minimum Gasteiger partial charge on any atom is -0.397 e. The Kier molecular flexibility index (Phi) is 3.05. The van der Waals surface area contributed by atoms with E-state index in [-0.39, 0.29) is 0 Å². The van der Waals surface area contributed by atoms with Crippen LogP contribution in [-0.2, 0) is 6.54 Å². The van der Waals surface area contributed by atoms with E-state index in [9.17, 15) is 0 Å². The molecule has 16 heavy (non-hydrogen) atoms. The first kappa shape index (κ1) is 10.5. The van der Waals surface area contributed by atoms with Crippen LogP contribution in [0.2, 0.25) is 0 Å². The lowest BCUT2D eigenvalue weighted by Crippen LogP contribution is -2.12. The third-order valence-corrected chi connectivity index (χ3v) is 2.42. The summed E-state index contributed by atoms with van der Waals surface area (Å²) in [6, 6.07) is 5.88. The molecule has 0 atom stereocenters. The van der Waals surface area contributed by atoms with Crippen molar-refractivity contribution in [2.24, 2.45) is 0 Å². The van der Waals surface area contributed by atoms with E-state index in [2.05, 4.69) is 15.6 Å². The van der Waals surface area contributed by atoms with Crippen LogP contribution < -0.4 is 11.1 Å². The van der Waals surface area contributed by atoms with Gasteiger partial charge in [0.05, 0.1) is 24.1 Å². The minimum absolute atomic E-state index is 0.772. The van der Waals surface area contributed by atoms with Crippen LogP contribution in [0.5, 0.6) is 0 Å². The highest BCUT2D eigenvalue weighted by Crippen LogP contribution is 2.21. The summed E-state index contributed by atoms with van der Waals surface area (Å²) in [5.41, 5.74) is 8.81. The third kappa shape index (κ3) is 2.31. The van der Waals surface area contributed by atoms with Crippen LogP contribution in [0.1, 0.15) is 5.56 Å². The molecule has 5 nitrogen and oxygen atoms in total. The molecule has 1 aromatic carbocycles. The van der Waals surface area contributed by atoms with Crippen molar-refractivity contribution in [1.29, 1.82) is 0 Å². The van der Waals surface area contributed by atoms with Gasteiger partial charge in [-0.05, 0) is 18.6 Å². The molecule has 0 radical (unpaired) electrons. The van der Waals surface area contributed by atoms with E-state index in [4.69, 9.17) is 5.73 Å². The molecule has 2 aromatic rings. The molecule has 2 rings (SSSR count). The highest BCUT2D eigenvalue weighted by atomic mass is 15.4. The maximum atomic E-state index is 5.88. The first-order chi connectivity index (χ1) is 7.77. The van der Waals surface area contributed by atoms with Gasteiger partial charge in [0.25, 0.3) is 0 Å². The van der Waals surface area contributed by atoms with E-state index in [0.29, 0.717) is 0 Å². The molecule has 0 unspecified atom stereocenters. The number of aromatic nitrogens is 3. The van der Waals surface area contributed by atoms with Crippen molar-refractivity contribution in [2.75, 3.05) is 17.6 Å². The first-order valence-electron chi connectivity index (χ1n) is 5.20. The Hall–Kier alpha value is -2.04. The fraction of sp³-hybridized carbons (Fsp3) is 0.273. The normalized spacial score (nSPS) is 10.3. The summed E-state index contributed by atoms with van der Waals surface area (Å²) in [7, 11) is 0. The molecule has 0 fully saturated rings. The number of aryl methyl sites for hydroxylation is 1.